The number of benzene rings is 1. The van der Waals surface area contributed by atoms with E-state index in [0.29, 0.717) is 31.8 Å². The standard InChI is InChI=1S/C13H8ClIO4/c1-18-13(17)9-4-3-8(12(15)11(9)14)10-5-2-7(6-16)19-10/h2-6H,1H3. The average molecular weight is 391 g/mol. The van der Waals surface area contributed by atoms with Crippen molar-refractivity contribution in [3.8, 4) is 11.3 Å². The van der Waals surface area contributed by atoms with Crippen molar-refractivity contribution in [3.05, 3.63) is 44.2 Å². The van der Waals surface area contributed by atoms with Gasteiger partial charge in [0.2, 0.25) is 0 Å². The fourth-order valence-electron chi connectivity index (χ4n) is 1.57. The maximum Gasteiger partial charge on any atom is 0.339 e. The number of hydrogen-bond donors (Lipinski definition) is 0. The van der Waals surface area contributed by atoms with Crippen molar-refractivity contribution in [2.24, 2.45) is 0 Å². The summed E-state index contributed by atoms with van der Waals surface area (Å²) in [7, 11) is 1.29. The Morgan fingerprint density at radius 2 is 2.11 bits per heavy atom. The number of methoxy groups -OCH3 is 1. The fraction of sp³-hybridized carbons (Fsp3) is 0.0769. The molecule has 1 aromatic heterocycles. The summed E-state index contributed by atoms with van der Waals surface area (Å²) < 4.78 is 10.6. The lowest BCUT2D eigenvalue weighted by Crippen LogP contribution is -2.03. The third kappa shape index (κ3) is 2.66. The van der Waals surface area contributed by atoms with Crippen molar-refractivity contribution >= 4 is 46.4 Å². The van der Waals surface area contributed by atoms with Crippen LogP contribution in [-0.4, -0.2) is 19.4 Å². The monoisotopic (exact) mass is 390 g/mol. The van der Waals surface area contributed by atoms with Crippen molar-refractivity contribution < 1.29 is 18.7 Å². The highest BCUT2D eigenvalue weighted by Gasteiger charge is 2.18. The van der Waals surface area contributed by atoms with Gasteiger partial charge in [0, 0.05) is 9.13 Å². The number of halogens is 2. The lowest BCUT2D eigenvalue weighted by atomic mass is 10.1. The molecular formula is C13H8ClIO4. The summed E-state index contributed by atoms with van der Waals surface area (Å²) in [6.07, 6.45) is 0.626. The number of carbonyl (C=O) groups excluding carboxylic acids is 2. The molecule has 0 saturated carbocycles. The summed E-state index contributed by atoms with van der Waals surface area (Å²) in [5.74, 6) is 0.256. The van der Waals surface area contributed by atoms with Gasteiger partial charge in [-0.05, 0) is 46.9 Å². The van der Waals surface area contributed by atoms with E-state index in [1.165, 1.54) is 7.11 Å². The van der Waals surface area contributed by atoms with Gasteiger partial charge in [0.15, 0.2) is 12.0 Å². The molecule has 0 amide bonds. The van der Waals surface area contributed by atoms with Gasteiger partial charge < -0.3 is 9.15 Å². The van der Waals surface area contributed by atoms with Crippen LogP contribution < -0.4 is 0 Å². The molecule has 0 saturated heterocycles. The molecule has 0 spiro atoms. The molecule has 1 aromatic carbocycles. The Hall–Kier alpha value is -1.34. The Labute approximate surface area is 127 Å². The van der Waals surface area contributed by atoms with Gasteiger partial charge in [0.1, 0.15) is 5.76 Å². The van der Waals surface area contributed by atoms with Gasteiger partial charge in [0.25, 0.3) is 0 Å². The molecule has 98 valence electrons. The Morgan fingerprint density at radius 3 is 2.68 bits per heavy atom. The molecule has 0 unspecified atom stereocenters. The number of furan rings is 1. The summed E-state index contributed by atoms with van der Waals surface area (Å²) in [6.45, 7) is 0. The fourth-order valence-corrected chi connectivity index (χ4v) is 2.55. The molecule has 6 heteroatoms. The minimum Gasteiger partial charge on any atom is -0.465 e. The smallest absolute Gasteiger partial charge is 0.339 e. The normalized spacial score (nSPS) is 10.3. The molecule has 1 heterocycles. The van der Waals surface area contributed by atoms with E-state index in [9.17, 15) is 9.59 Å². The number of esters is 1. The van der Waals surface area contributed by atoms with E-state index < -0.39 is 5.97 Å². The van der Waals surface area contributed by atoms with Crippen LogP contribution >= 0.6 is 34.2 Å². The Bertz CT molecular complexity index is 648. The maximum atomic E-state index is 11.5. The van der Waals surface area contributed by atoms with Crippen LogP contribution in [0.1, 0.15) is 20.9 Å². The number of aldehydes is 1. The number of carbonyl (C=O) groups is 2. The molecule has 0 fully saturated rings. The molecule has 19 heavy (non-hydrogen) atoms. The van der Waals surface area contributed by atoms with Crippen LogP contribution in [0.25, 0.3) is 11.3 Å². The molecule has 0 bridgehead atoms. The Kier molecular flexibility index (Phi) is 4.26. The molecular weight excluding hydrogens is 382 g/mol. The zero-order valence-electron chi connectivity index (χ0n) is 9.78. The highest BCUT2D eigenvalue weighted by molar-refractivity contribution is 14.1. The number of hydrogen-bond acceptors (Lipinski definition) is 4. The summed E-state index contributed by atoms with van der Waals surface area (Å²) in [5, 5.41) is 0.300. The van der Waals surface area contributed by atoms with E-state index in [4.69, 9.17) is 16.0 Å². The van der Waals surface area contributed by atoms with Crippen LogP contribution in [0, 0.1) is 3.57 Å². The van der Waals surface area contributed by atoms with Crippen molar-refractivity contribution in [2.45, 2.75) is 0 Å². The molecule has 0 N–H and O–H groups in total. The van der Waals surface area contributed by atoms with Gasteiger partial charge in [0.05, 0.1) is 17.7 Å². The van der Waals surface area contributed by atoms with E-state index >= 15 is 0 Å². The van der Waals surface area contributed by atoms with Gasteiger partial charge in [-0.2, -0.15) is 0 Å². The Balaban J connectivity index is 2.52. The predicted octanol–water partition coefficient (Wildman–Crippen LogP) is 3.80. The lowest BCUT2D eigenvalue weighted by molar-refractivity contribution is 0.0601. The van der Waals surface area contributed by atoms with Crippen molar-refractivity contribution in [1.82, 2.24) is 0 Å². The minimum absolute atomic E-state index is 0.235. The highest BCUT2D eigenvalue weighted by atomic mass is 127. The first-order valence-electron chi connectivity index (χ1n) is 5.20. The van der Waals surface area contributed by atoms with E-state index in [2.05, 4.69) is 4.74 Å². The van der Waals surface area contributed by atoms with Gasteiger partial charge in [-0.25, -0.2) is 4.79 Å². The molecule has 0 atom stereocenters. The van der Waals surface area contributed by atoms with Gasteiger partial charge in [-0.3, -0.25) is 4.79 Å². The van der Waals surface area contributed by atoms with E-state index in [0.717, 1.165) is 0 Å². The van der Waals surface area contributed by atoms with E-state index in [-0.39, 0.29) is 5.76 Å². The maximum absolute atomic E-state index is 11.5. The quantitative estimate of drug-likeness (QED) is 0.454. The Morgan fingerprint density at radius 1 is 1.37 bits per heavy atom. The number of ether oxygens (including phenoxy) is 1. The summed E-state index contributed by atoms with van der Waals surface area (Å²) in [4.78, 5) is 22.1. The molecule has 4 nitrogen and oxygen atoms in total. The second-order valence-electron chi connectivity index (χ2n) is 3.60. The molecule has 2 aromatic rings. The van der Waals surface area contributed by atoms with Crippen LogP contribution in [0.4, 0.5) is 0 Å². The molecule has 0 radical (unpaired) electrons. The second kappa shape index (κ2) is 5.75. The van der Waals surface area contributed by atoms with E-state index in [1.54, 1.807) is 24.3 Å². The SMILES string of the molecule is COC(=O)c1ccc(-c2ccc(C=O)o2)c(I)c1Cl. The summed E-state index contributed by atoms with van der Waals surface area (Å²) >= 11 is 8.16. The zero-order chi connectivity index (χ0) is 14.0. The molecule has 0 aliphatic heterocycles. The van der Waals surface area contributed by atoms with Crippen molar-refractivity contribution in [2.75, 3.05) is 7.11 Å². The lowest BCUT2D eigenvalue weighted by Gasteiger charge is -2.07. The first kappa shape index (κ1) is 14.1. The zero-order valence-corrected chi connectivity index (χ0v) is 12.7. The summed E-state index contributed by atoms with van der Waals surface area (Å²) in [6, 6.07) is 6.51. The van der Waals surface area contributed by atoms with Crippen LogP contribution in [0.5, 0.6) is 0 Å². The molecule has 2 rings (SSSR count). The molecule has 0 aliphatic carbocycles. The average Bonchev–Trinajstić information content (AvgIpc) is 2.89. The van der Waals surface area contributed by atoms with Crippen molar-refractivity contribution in [1.29, 1.82) is 0 Å². The third-order valence-electron chi connectivity index (χ3n) is 2.50. The van der Waals surface area contributed by atoms with Crippen molar-refractivity contribution in [3.63, 3.8) is 0 Å². The topological polar surface area (TPSA) is 56.5 Å². The van der Waals surface area contributed by atoms with Crippen LogP contribution in [0.3, 0.4) is 0 Å². The first-order valence-corrected chi connectivity index (χ1v) is 6.66. The summed E-state index contributed by atoms with van der Waals surface area (Å²) in [5.41, 5.74) is 1.01. The predicted molar refractivity (Wildman–Crippen MR) is 78.6 cm³/mol. The first-order chi connectivity index (χ1) is 9.08. The van der Waals surface area contributed by atoms with Crippen LogP contribution in [0.15, 0.2) is 28.7 Å². The van der Waals surface area contributed by atoms with Gasteiger partial charge in [-0.15, -0.1) is 0 Å². The molecule has 0 aliphatic rings. The van der Waals surface area contributed by atoms with Crippen LogP contribution in [0.2, 0.25) is 5.02 Å². The minimum atomic E-state index is -0.498. The van der Waals surface area contributed by atoms with Gasteiger partial charge >= 0.3 is 5.97 Å². The largest absolute Gasteiger partial charge is 0.465 e. The van der Waals surface area contributed by atoms with E-state index in [1.807, 2.05) is 22.6 Å². The number of rotatable bonds is 3. The van der Waals surface area contributed by atoms with Gasteiger partial charge in [-0.1, -0.05) is 11.6 Å². The highest BCUT2D eigenvalue weighted by Crippen LogP contribution is 2.34. The third-order valence-corrected chi connectivity index (χ3v) is 4.33. The second-order valence-corrected chi connectivity index (χ2v) is 5.06. The van der Waals surface area contributed by atoms with Crippen LogP contribution in [-0.2, 0) is 4.74 Å².